The van der Waals surface area contributed by atoms with Gasteiger partial charge in [-0.25, -0.2) is 0 Å². The number of nitrogens with two attached hydrogens (primary N) is 1. The molecule has 0 heterocycles. The number of halogens is 1. The lowest BCUT2D eigenvalue weighted by atomic mass is 9.89. The SMILES string of the molecule is CCC(C(=O)OC)C(N)c1cc(Br)ccc1C. The molecule has 0 fully saturated rings. The van der Waals surface area contributed by atoms with Crippen molar-refractivity contribution < 1.29 is 9.53 Å². The molecule has 17 heavy (non-hydrogen) atoms. The first-order valence-electron chi connectivity index (χ1n) is 5.60. The summed E-state index contributed by atoms with van der Waals surface area (Å²) in [7, 11) is 1.39. The topological polar surface area (TPSA) is 52.3 Å². The number of hydrogen-bond acceptors (Lipinski definition) is 3. The minimum atomic E-state index is -0.329. The summed E-state index contributed by atoms with van der Waals surface area (Å²) in [6, 6.07) is 5.59. The van der Waals surface area contributed by atoms with Crippen LogP contribution in [0, 0.1) is 12.8 Å². The number of carbonyl (C=O) groups is 1. The molecule has 0 aromatic heterocycles. The zero-order valence-electron chi connectivity index (χ0n) is 10.4. The van der Waals surface area contributed by atoms with E-state index in [1.165, 1.54) is 7.11 Å². The van der Waals surface area contributed by atoms with E-state index in [1.54, 1.807) is 0 Å². The molecule has 1 rings (SSSR count). The zero-order valence-corrected chi connectivity index (χ0v) is 12.0. The fraction of sp³-hybridized carbons (Fsp3) is 0.462. The first-order chi connectivity index (χ1) is 8.01. The second-order valence-electron chi connectivity index (χ2n) is 4.06. The van der Waals surface area contributed by atoms with Crippen molar-refractivity contribution in [3.8, 4) is 0 Å². The summed E-state index contributed by atoms with van der Waals surface area (Å²) in [5.74, 6) is -0.549. The van der Waals surface area contributed by atoms with Crippen molar-refractivity contribution in [2.24, 2.45) is 11.7 Å². The van der Waals surface area contributed by atoms with Crippen LogP contribution in [-0.2, 0) is 9.53 Å². The van der Waals surface area contributed by atoms with Crippen molar-refractivity contribution in [3.63, 3.8) is 0 Å². The Morgan fingerprint density at radius 2 is 2.18 bits per heavy atom. The summed E-state index contributed by atoms with van der Waals surface area (Å²) in [6.45, 7) is 3.93. The molecule has 0 saturated heterocycles. The van der Waals surface area contributed by atoms with Gasteiger partial charge in [0.1, 0.15) is 0 Å². The smallest absolute Gasteiger partial charge is 0.310 e. The molecule has 0 saturated carbocycles. The Morgan fingerprint density at radius 3 is 2.71 bits per heavy atom. The van der Waals surface area contributed by atoms with Crippen LogP contribution >= 0.6 is 15.9 Å². The molecule has 0 bridgehead atoms. The lowest BCUT2D eigenvalue weighted by molar-refractivity contribution is -0.146. The second-order valence-corrected chi connectivity index (χ2v) is 4.98. The normalized spacial score (nSPS) is 14.2. The molecule has 0 aliphatic carbocycles. The number of esters is 1. The maximum atomic E-state index is 11.6. The van der Waals surface area contributed by atoms with Crippen molar-refractivity contribution in [1.29, 1.82) is 0 Å². The van der Waals surface area contributed by atoms with Crippen molar-refractivity contribution in [2.45, 2.75) is 26.3 Å². The molecule has 0 amide bonds. The van der Waals surface area contributed by atoms with Crippen molar-refractivity contribution >= 4 is 21.9 Å². The van der Waals surface area contributed by atoms with E-state index < -0.39 is 0 Å². The Morgan fingerprint density at radius 1 is 1.53 bits per heavy atom. The zero-order chi connectivity index (χ0) is 13.0. The third-order valence-electron chi connectivity index (χ3n) is 2.98. The van der Waals surface area contributed by atoms with E-state index in [4.69, 9.17) is 10.5 Å². The summed E-state index contributed by atoms with van der Waals surface area (Å²) in [5.41, 5.74) is 8.24. The van der Waals surface area contributed by atoms with Crippen LogP contribution in [0.25, 0.3) is 0 Å². The summed E-state index contributed by atoms with van der Waals surface area (Å²) < 4.78 is 5.75. The number of rotatable bonds is 4. The number of methoxy groups -OCH3 is 1. The molecule has 0 radical (unpaired) electrons. The molecule has 4 heteroatoms. The monoisotopic (exact) mass is 299 g/mol. The predicted octanol–water partition coefficient (Wildman–Crippen LogP) is 2.96. The van der Waals surface area contributed by atoms with Gasteiger partial charge in [-0.2, -0.15) is 0 Å². The first-order valence-corrected chi connectivity index (χ1v) is 6.40. The third-order valence-corrected chi connectivity index (χ3v) is 3.47. The van der Waals surface area contributed by atoms with Crippen molar-refractivity contribution in [3.05, 3.63) is 33.8 Å². The van der Waals surface area contributed by atoms with Crippen LogP contribution in [0.1, 0.15) is 30.5 Å². The van der Waals surface area contributed by atoms with Gasteiger partial charge < -0.3 is 10.5 Å². The van der Waals surface area contributed by atoms with E-state index >= 15 is 0 Å². The number of ether oxygens (including phenoxy) is 1. The van der Waals surface area contributed by atoms with Crippen LogP contribution < -0.4 is 5.73 Å². The molecule has 2 atom stereocenters. The Labute approximate surface area is 110 Å². The highest BCUT2D eigenvalue weighted by Gasteiger charge is 2.26. The largest absolute Gasteiger partial charge is 0.469 e. The summed E-state index contributed by atoms with van der Waals surface area (Å²) in [6.07, 6.45) is 0.666. The molecular weight excluding hydrogens is 282 g/mol. The number of hydrogen-bond donors (Lipinski definition) is 1. The third kappa shape index (κ3) is 3.30. The molecule has 2 unspecified atom stereocenters. The van der Waals surface area contributed by atoms with Gasteiger partial charge in [-0.05, 0) is 36.6 Å². The maximum absolute atomic E-state index is 11.6. The molecule has 1 aromatic carbocycles. The van der Waals surface area contributed by atoms with E-state index in [0.717, 1.165) is 15.6 Å². The van der Waals surface area contributed by atoms with Crippen molar-refractivity contribution in [1.82, 2.24) is 0 Å². The molecule has 3 nitrogen and oxygen atoms in total. The lowest BCUT2D eigenvalue weighted by Crippen LogP contribution is -2.29. The fourth-order valence-corrected chi connectivity index (χ4v) is 2.28. The van der Waals surface area contributed by atoms with E-state index in [9.17, 15) is 4.79 Å². The van der Waals surface area contributed by atoms with Gasteiger partial charge in [-0.15, -0.1) is 0 Å². The molecule has 94 valence electrons. The summed E-state index contributed by atoms with van der Waals surface area (Å²) in [5, 5.41) is 0. The fourth-order valence-electron chi connectivity index (χ4n) is 1.91. The van der Waals surface area contributed by atoms with Gasteiger partial charge in [-0.1, -0.05) is 28.9 Å². The molecule has 1 aromatic rings. The van der Waals surface area contributed by atoms with Crippen LogP contribution in [0.3, 0.4) is 0 Å². The van der Waals surface area contributed by atoms with Gasteiger partial charge in [0.2, 0.25) is 0 Å². The quantitative estimate of drug-likeness (QED) is 0.870. The predicted molar refractivity (Wildman–Crippen MR) is 71.6 cm³/mol. The number of benzene rings is 1. The van der Waals surface area contributed by atoms with Crippen LogP contribution in [0.4, 0.5) is 0 Å². The van der Waals surface area contributed by atoms with Crippen LogP contribution in [-0.4, -0.2) is 13.1 Å². The Bertz CT molecular complexity index is 406. The highest BCUT2D eigenvalue weighted by Crippen LogP contribution is 2.28. The van der Waals surface area contributed by atoms with Crippen LogP contribution in [0.2, 0.25) is 0 Å². The molecular formula is C13H18BrNO2. The first kappa shape index (κ1) is 14.2. The standard InChI is InChI=1S/C13H18BrNO2/c1-4-10(13(16)17-3)12(15)11-7-9(14)6-5-8(11)2/h5-7,10,12H,4,15H2,1-3H3. The summed E-state index contributed by atoms with van der Waals surface area (Å²) in [4.78, 5) is 11.6. The number of aryl methyl sites for hydroxylation is 1. The van der Waals surface area contributed by atoms with E-state index in [1.807, 2.05) is 32.0 Å². The minimum absolute atomic E-state index is 0.251. The second kappa shape index (κ2) is 6.17. The van der Waals surface area contributed by atoms with E-state index in [0.29, 0.717) is 6.42 Å². The average Bonchev–Trinajstić information content (AvgIpc) is 2.32. The van der Waals surface area contributed by atoms with Gasteiger partial charge in [0.05, 0.1) is 13.0 Å². The Balaban J connectivity index is 3.05. The lowest BCUT2D eigenvalue weighted by Gasteiger charge is -2.22. The molecule has 0 aliphatic heterocycles. The Kier molecular flexibility index (Phi) is 5.15. The summed E-state index contributed by atoms with van der Waals surface area (Å²) >= 11 is 3.42. The molecule has 0 spiro atoms. The average molecular weight is 300 g/mol. The minimum Gasteiger partial charge on any atom is -0.469 e. The number of carbonyl (C=O) groups excluding carboxylic acids is 1. The van der Waals surface area contributed by atoms with Gasteiger partial charge in [0, 0.05) is 10.5 Å². The highest BCUT2D eigenvalue weighted by molar-refractivity contribution is 9.10. The van der Waals surface area contributed by atoms with Crippen LogP contribution in [0.15, 0.2) is 22.7 Å². The van der Waals surface area contributed by atoms with E-state index in [2.05, 4.69) is 15.9 Å². The maximum Gasteiger partial charge on any atom is 0.310 e. The van der Waals surface area contributed by atoms with Crippen molar-refractivity contribution in [2.75, 3.05) is 7.11 Å². The highest BCUT2D eigenvalue weighted by atomic mass is 79.9. The van der Waals surface area contributed by atoms with Gasteiger partial charge in [0.15, 0.2) is 0 Å². The van der Waals surface area contributed by atoms with Gasteiger partial charge >= 0.3 is 5.97 Å². The van der Waals surface area contributed by atoms with Gasteiger partial charge in [0.25, 0.3) is 0 Å². The molecule has 2 N–H and O–H groups in total. The molecule has 0 aliphatic rings. The van der Waals surface area contributed by atoms with Crippen LogP contribution in [0.5, 0.6) is 0 Å². The Hall–Kier alpha value is -0.870. The van der Waals surface area contributed by atoms with Gasteiger partial charge in [-0.3, -0.25) is 4.79 Å². The van der Waals surface area contributed by atoms with E-state index in [-0.39, 0.29) is 17.9 Å².